The summed E-state index contributed by atoms with van der Waals surface area (Å²) in [6.45, 7) is -0.0104. The minimum absolute atomic E-state index is 0.0104. The Bertz CT molecular complexity index is 558. The lowest BCUT2D eigenvalue weighted by Crippen LogP contribution is -2.12. The molecule has 0 fully saturated rings. The molecule has 6 heteroatoms. The van der Waals surface area contributed by atoms with Gasteiger partial charge in [-0.05, 0) is 23.8 Å². The Morgan fingerprint density at radius 2 is 2.00 bits per heavy atom. The third-order valence-electron chi connectivity index (χ3n) is 2.27. The van der Waals surface area contributed by atoms with Crippen molar-refractivity contribution in [2.75, 3.05) is 0 Å². The summed E-state index contributed by atoms with van der Waals surface area (Å²) in [6, 6.07) is 8.61. The molecule has 0 atom stereocenters. The van der Waals surface area contributed by atoms with Crippen LogP contribution in [0, 0.1) is 0 Å². The Kier molecular flexibility index (Phi) is 3.81. The van der Waals surface area contributed by atoms with Crippen LogP contribution in [0.3, 0.4) is 0 Å². The Labute approximate surface area is 109 Å². The van der Waals surface area contributed by atoms with Crippen molar-refractivity contribution < 1.29 is 9.84 Å². The molecule has 1 heterocycles. The van der Waals surface area contributed by atoms with Crippen molar-refractivity contribution in [3.8, 4) is 11.6 Å². The molecule has 0 aliphatic rings. The fraction of sp³-hybridized carbons (Fsp3) is 0.0833. The fourth-order valence-corrected chi connectivity index (χ4v) is 1.51. The molecule has 0 saturated carbocycles. The number of thiocarbonyl (C=S) groups is 1. The molecule has 0 radical (unpaired) electrons. The number of nitrogens with two attached hydrogens (primary N) is 1. The number of benzene rings is 1. The van der Waals surface area contributed by atoms with Gasteiger partial charge in [0.25, 0.3) is 0 Å². The van der Waals surface area contributed by atoms with Crippen LogP contribution < -0.4 is 10.5 Å². The van der Waals surface area contributed by atoms with E-state index in [4.69, 9.17) is 27.8 Å². The van der Waals surface area contributed by atoms with E-state index in [0.29, 0.717) is 11.3 Å². The molecule has 2 rings (SSSR count). The molecule has 0 saturated heterocycles. The summed E-state index contributed by atoms with van der Waals surface area (Å²) in [5.74, 6) is 0.840. The first-order valence-electron chi connectivity index (χ1n) is 5.20. The van der Waals surface area contributed by atoms with Gasteiger partial charge in [0.05, 0.1) is 18.4 Å². The summed E-state index contributed by atoms with van der Waals surface area (Å²) in [4.78, 5) is 0.201. The van der Waals surface area contributed by atoms with Crippen LogP contribution in [0.2, 0.25) is 0 Å². The summed E-state index contributed by atoms with van der Waals surface area (Å²) in [5.41, 5.74) is 6.90. The molecule has 1 aromatic carbocycles. The highest BCUT2D eigenvalue weighted by molar-refractivity contribution is 7.80. The molecule has 0 amide bonds. The van der Waals surface area contributed by atoms with Gasteiger partial charge in [-0.1, -0.05) is 24.4 Å². The standard InChI is InChI=1S/C12H11N3O2S/c13-11(18)10-5-6-14-15-12(10)17-9-3-1-8(7-16)2-4-9/h1-6,16H,7H2,(H2,13,18). The van der Waals surface area contributed by atoms with Crippen LogP contribution in [0.4, 0.5) is 0 Å². The number of hydrogen-bond donors (Lipinski definition) is 2. The first-order valence-corrected chi connectivity index (χ1v) is 5.60. The maximum Gasteiger partial charge on any atom is 0.249 e. The van der Waals surface area contributed by atoms with Gasteiger partial charge in [0.1, 0.15) is 10.7 Å². The van der Waals surface area contributed by atoms with Gasteiger partial charge in [0.15, 0.2) is 0 Å². The Balaban J connectivity index is 2.25. The maximum absolute atomic E-state index is 8.94. The summed E-state index contributed by atoms with van der Waals surface area (Å²) < 4.78 is 5.55. The third kappa shape index (κ3) is 2.79. The predicted octanol–water partition coefficient (Wildman–Crippen LogP) is 1.40. The van der Waals surface area contributed by atoms with Crippen molar-refractivity contribution in [1.82, 2.24) is 10.2 Å². The van der Waals surface area contributed by atoms with Crippen LogP contribution in [0.25, 0.3) is 0 Å². The van der Waals surface area contributed by atoms with Crippen LogP contribution in [-0.4, -0.2) is 20.3 Å². The van der Waals surface area contributed by atoms with E-state index in [0.717, 1.165) is 5.56 Å². The van der Waals surface area contributed by atoms with Gasteiger partial charge in [0.2, 0.25) is 5.88 Å². The summed E-state index contributed by atoms with van der Waals surface area (Å²) in [7, 11) is 0. The third-order valence-corrected chi connectivity index (χ3v) is 2.49. The first kappa shape index (κ1) is 12.4. The molecule has 0 spiro atoms. The lowest BCUT2D eigenvalue weighted by atomic mass is 10.2. The lowest BCUT2D eigenvalue weighted by Gasteiger charge is -2.08. The zero-order valence-electron chi connectivity index (χ0n) is 9.41. The van der Waals surface area contributed by atoms with Crippen molar-refractivity contribution in [3.05, 3.63) is 47.7 Å². The molecule has 5 nitrogen and oxygen atoms in total. The number of aliphatic hydroxyl groups is 1. The van der Waals surface area contributed by atoms with Crippen LogP contribution in [0.15, 0.2) is 36.5 Å². The number of aromatic nitrogens is 2. The summed E-state index contributed by atoms with van der Waals surface area (Å²) in [5, 5.41) is 16.5. The van der Waals surface area contributed by atoms with Crippen LogP contribution in [0.5, 0.6) is 11.6 Å². The zero-order valence-corrected chi connectivity index (χ0v) is 10.2. The molecule has 92 valence electrons. The zero-order chi connectivity index (χ0) is 13.0. The number of hydrogen-bond acceptors (Lipinski definition) is 5. The minimum Gasteiger partial charge on any atom is -0.437 e. The van der Waals surface area contributed by atoms with E-state index < -0.39 is 0 Å². The Morgan fingerprint density at radius 3 is 2.61 bits per heavy atom. The van der Waals surface area contributed by atoms with Gasteiger partial charge in [-0.15, -0.1) is 5.10 Å². The second kappa shape index (κ2) is 5.52. The van der Waals surface area contributed by atoms with Crippen LogP contribution in [0.1, 0.15) is 11.1 Å². The van der Waals surface area contributed by atoms with E-state index >= 15 is 0 Å². The highest BCUT2D eigenvalue weighted by Crippen LogP contribution is 2.22. The molecule has 0 aliphatic carbocycles. The van der Waals surface area contributed by atoms with E-state index in [9.17, 15) is 0 Å². The predicted molar refractivity (Wildman–Crippen MR) is 70.4 cm³/mol. The first-order chi connectivity index (χ1) is 8.70. The number of aliphatic hydroxyl groups excluding tert-OH is 1. The van der Waals surface area contributed by atoms with E-state index in [-0.39, 0.29) is 17.5 Å². The van der Waals surface area contributed by atoms with Crippen molar-refractivity contribution in [3.63, 3.8) is 0 Å². The Hall–Kier alpha value is -2.05. The number of ether oxygens (including phenoxy) is 1. The van der Waals surface area contributed by atoms with Crippen molar-refractivity contribution in [1.29, 1.82) is 0 Å². The molecular formula is C12H11N3O2S. The molecule has 2 aromatic rings. The normalized spacial score (nSPS) is 10.1. The topological polar surface area (TPSA) is 81.3 Å². The summed E-state index contributed by atoms with van der Waals surface area (Å²) in [6.07, 6.45) is 1.50. The number of rotatable bonds is 4. The average Bonchev–Trinajstić information content (AvgIpc) is 2.40. The highest BCUT2D eigenvalue weighted by atomic mass is 32.1. The second-order valence-electron chi connectivity index (χ2n) is 3.52. The van der Waals surface area contributed by atoms with Crippen molar-refractivity contribution >= 4 is 17.2 Å². The second-order valence-corrected chi connectivity index (χ2v) is 3.96. The van der Waals surface area contributed by atoms with Crippen LogP contribution in [-0.2, 0) is 6.61 Å². The van der Waals surface area contributed by atoms with Gasteiger partial charge in [-0.2, -0.15) is 5.10 Å². The largest absolute Gasteiger partial charge is 0.437 e. The number of nitrogens with zero attached hydrogens (tertiary/aromatic N) is 2. The molecule has 0 aliphatic heterocycles. The van der Waals surface area contributed by atoms with Gasteiger partial charge in [0, 0.05) is 0 Å². The SMILES string of the molecule is NC(=S)c1ccnnc1Oc1ccc(CO)cc1. The lowest BCUT2D eigenvalue weighted by molar-refractivity contribution is 0.281. The minimum atomic E-state index is -0.0104. The van der Waals surface area contributed by atoms with Crippen LogP contribution >= 0.6 is 12.2 Å². The molecule has 1 aromatic heterocycles. The smallest absolute Gasteiger partial charge is 0.249 e. The summed E-state index contributed by atoms with van der Waals surface area (Å²) >= 11 is 4.90. The van der Waals surface area contributed by atoms with Gasteiger partial charge >= 0.3 is 0 Å². The maximum atomic E-state index is 8.94. The Morgan fingerprint density at radius 1 is 1.28 bits per heavy atom. The van der Waals surface area contributed by atoms with Crippen molar-refractivity contribution in [2.24, 2.45) is 5.73 Å². The van der Waals surface area contributed by atoms with Gasteiger partial charge in [-0.3, -0.25) is 0 Å². The molecular weight excluding hydrogens is 250 g/mol. The van der Waals surface area contributed by atoms with E-state index in [1.807, 2.05) is 0 Å². The van der Waals surface area contributed by atoms with Gasteiger partial charge in [-0.25, -0.2) is 0 Å². The molecule has 0 bridgehead atoms. The fourth-order valence-electron chi connectivity index (χ4n) is 1.36. The van der Waals surface area contributed by atoms with Gasteiger partial charge < -0.3 is 15.6 Å². The molecule has 0 unspecified atom stereocenters. The highest BCUT2D eigenvalue weighted by Gasteiger charge is 2.09. The van der Waals surface area contributed by atoms with E-state index in [1.165, 1.54) is 6.20 Å². The average molecular weight is 261 g/mol. The quantitative estimate of drug-likeness (QED) is 0.810. The van der Waals surface area contributed by atoms with Crippen molar-refractivity contribution in [2.45, 2.75) is 6.61 Å². The van der Waals surface area contributed by atoms with E-state index in [1.54, 1.807) is 30.3 Å². The molecule has 18 heavy (non-hydrogen) atoms. The molecule has 3 N–H and O–H groups in total. The van der Waals surface area contributed by atoms with E-state index in [2.05, 4.69) is 10.2 Å². The monoisotopic (exact) mass is 261 g/mol.